The highest BCUT2D eigenvalue weighted by molar-refractivity contribution is 6.32. The molecule has 0 aromatic heterocycles. The molecule has 0 unspecified atom stereocenters. The Kier molecular flexibility index (Phi) is 2.37. The molecule has 0 atom stereocenters. The van der Waals surface area contributed by atoms with Gasteiger partial charge in [0.05, 0.1) is 11.6 Å². The molecular formula is C8H9ClO2. The number of halogens is 1. The lowest BCUT2D eigenvalue weighted by Crippen LogP contribution is -1.88. The van der Waals surface area contributed by atoms with Gasteiger partial charge < -0.3 is 10.2 Å². The van der Waals surface area contributed by atoms with Gasteiger partial charge in [-0.25, -0.2) is 0 Å². The second-order valence-corrected chi connectivity index (χ2v) is 2.73. The van der Waals surface area contributed by atoms with Crippen LogP contribution in [0.25, 0.3) is 0 Å². The number of aromatic hydroxyl groups is 1. The number of aliphatic hydroxyl groups excluding tert-OH is 1. The number of hydrogen-bond acceptors (Lipinski definition) is 2. The minimum Gasteiger partial charge on any atom is -0.508 e. The lowest BCUT2D eigenvalue weighted by molar-refractivity contribution is 0.275. The van der Waals surface area contributed by atoms with Crippen molar-refractivity contribution in [3.8, 4) is 5.75 Å². The molecular weight excluding hydrogens is 164 g/mol. The van der Waals surface area contributed by atoms with Crippen LogP contribution in [0.1, 0.15) is 11.1 Å². The maximum atomic E-state index is 9.17. The average Bonchev–Trinajstić information content (AvgIpc) is 1.99. The van der Waals surface area contributed by atoms with Crippen molar-refractivity contribution in [2.45, 2.75) is 13.5 Å². The Balaban J connectivity index is 3.29. The summed E-state index contributed by atoms with van der Waals surface area (Å²) in [5.41, 5.74) is 1.25. The summed E-state index contributed by atoms with van der Waals surface area (Å²) in [5, 5.41) is 18.4. The van der Waals surface area contributed by atoms with Crippen LogP contribution >= 0.6 is 11.6 Å². The van der Waals surface area contributed by atoms with Crippen LogP contribution < -0.4 is 0 Å². The number of phenols is 1. The van der Waals surface area contributed by atoms with Crippen molar-refractivity contribution in [2.24, 2.45) is 0 Å². The molecule has 2 N–H and O–H groups in total. The SMILES string of the molecule is Cc1ccc(O)c(CO)c1Cl. The van der Waals surface area contributed by atoms with Crippen molar-refractivity contribution >= 4 is 11.6 Å². The molecule has 0 aliphatic carbocycles. The Hall–Kier alpha value is -0.730. The maximum absolute atomic E-state index is 9.17. The van der Waals surface area contributed by atoms with E-state index in [4.69, 9.17) is 16.7 Å². The fourth-order valence-corrected chi connectivity index (χ4v) is 1.10. The summed E-state index contributed by atoms with van der Waals surface area (Å²) >= 11 is 5.78. The van der Waals surface area contributed by atoms with E-state index in [9.17, 15) is 5.11 Å². The van der Waals surface area contributed by atoms with Crippen LogP contribution in [0.4, 0.5) is 0 Å². The minimum absolute atomic E-state index is 0.0445. The van der Waals surface area contributed by atoms with Gasteiger partial charge in [-0.1, -0.05) is 17.7 Å². The highest BCUT2D eigenvalue weighted by atomic mass is 35.5. The second-order valence-electron chi connectivity index (χ2n) is 2.35. The highest BCUT2D eigenvalue weighted by Gasteiger charge is 2.06. The third-order valence-electron chi connectivity index (χ3n) is 1.57. The van der Waals surface area contributed by atoms with Crippen molar-refractivity contribution in [1.82, 2.24) is 0 Å². The van der Waals surface area contributed by atoms with Gasteiger partial charge in [-0.2, -0.15) is 0 Å². The fourth-order valence-electron chi connectivity index (χ4n) is 0.879. The van der Waals surface area contributed by atoms with Crippen molar-refractivity contribution < 1.29 is 10.2 Å². The molecule has 0 spiro atoms. The zero-order valence-corrected chi connectivity index (χ0v) is 6.89. The van der Waals surface area contributed by atoms with Gasteiger partial charge in [0.15, 0.2) is 0 Å². The quantitative estimate of drug-likeness (QED) is 0.679. The third kappa shape index (κ3) is 1.47. The van der Waals surface area contributed by atoms with Crippen molar-refractivity contribution in [1.29, 1.82) is 0 Å². The van der Waals surface area contributed by atoms with E-state index in [0.717, 1.165) is 5.56 Å². The lowest BCUT2D eigenvalue weighted by atomic mass is 10.1. The van der Waals surface area contributed by atoms with Crippen LogP contribution in [0.3, 0.4) is 0 Å². The molecule has 0 heterocycles. The summed E-state index contributed by atoms with van der Waals surface area (Å²) in [7, 11) is 0. The van der Waals surface area contributed by atoms with E-state index in [1.54, 1.807) is 6.07 Å². The number of aryl methyl sites for hydroxylation is 1. The molecule has 0 saturated heterocycles. The van der Waals surface area contributed by atoms with Crippen LogP contribution in [0.5, 0.6) is 5.75 Å². The minimum atomic E-state index is -0.230. The molecule has 0 saturated carbocycles. The van der Waals surface area contributed by atoms with Crippen LogP contribution in [0.2, 0.25) is 5.02 Å². The lowest BCUT2D eigenvalue weighted by Gasteiger charge is -2.05. The summed E-state index contributed by atoms with van der Waals surface area (Å²) in [6, 6.07) is 3.23. The fraction of sp³-hybridized carbons (Fsp3) is 0.250. The van der Waals surface area contributed by atoms with Gasteiger partial charge in [0.2, 0.25) is 0 Å². The molecule has 0 bridgehead atoms. The first-order chi connectivity index (χ1) is 5.16. The third-order valence-corrected chi connectivity index (χ3v) is 2.10. The molecule has 0 amide bonds. The monoisotopic (exact) mass is 172 g/mol. The van der Waals surface area contributed by atoms with Crippen LogP contribution in [-0.4, -0.2) is 10.2 Å². The molecule has 1 aromatic carbocycles. The first kappa shape index (κ1) is 8.37. The van der Waals surface area contributed by atoms with E-state index in [2.05, 4.69) is 0 Å². The average molecular weight is 173 g/mol. The van der Waals surface area contributed by atoms with Gasteiger partial charge in [-0.15, -0.1) is 0 Å². The Morgan fingerprint density at radius 1 is 1.45 bits per heavy atom. The zero-order chi connectivity index (χ0) is 8.43. The van der Waals surface area contributed by atoms with Crippen molar-refractivity contribution in [3.63, 3.8) is 0 Å². The van der Waals surface area contributed by atoms with Crippen LogP contribution in [0.15, 0.2) is 12.1 Å². The maximum Gasteiger partial charge on any atom is 0.122 e. The van der Waals surface area contributed by atoms with Crippen LogP contribution in [-0.2, 0) is 6.61 Å². The first-order valence-electron chi connectivity index (χ1n) is 3.24. The van der Waals surface area contributed by atoms with Crippen LogP contribution in [0, 0.1) is 6.92 Å². The summed E-state index contributed by atoms with van der Waals surface area (Å²) in [5.74, 6) is 0.0445. The van der Waals surface area contributed by atoms with Gasteiger partial charge in [0.1, 0.15) is 5.75 Å². The largest absolute Gasteiger partial charge is 0.508 e. The Morgan fingerprint density at radius 2 is 2.09 bits per heavy atom. The predicted molar refractivity (Wildman–Crippen MR) is 43.8 cm³/mol. The number of rotatable bonds is 1. The number of benzene rings is 1. The van der Waals surface area contributed by atoms with Gasteiger partial charge in [0.25, 0.3) is 0 Å². The smallest absolute Gasteiger partial charge is 0.122 e. The normalized spacial score (nSPS) is 10.1. The highest BCUT2D eigenvalue weighted by Crippen LogP contribution is 2.28. The van der Waals surface area contributed by atoms with Crippen molar-refractivity contribution in [2.75, 3.05) is 0 Å². The first-order valence-corrected chi connectivity index (χ1v) is 3.62. The molecule has 0 aliphatic heterocycles. The van der Waals surface area contributed by atoms with E-state index in [0.29, 0.717) is 10.6 Å². The Bertz CT molecular complexity index is 271. The molecule has 1 aromatic rings. The topological polar surface area (TPSA) is 40.5 Å². The Morgan fingerprint density at radius 3 is 2.55 bits per heavy atom. The molecule has 1 rings (SSSR count). The number of aliphatic hydroxyl groups is 1. The molecule has 0 fully saturated rings. The molecule has 60 valence electrons. The summed E-state index contributed by atoms with van der Waals surface area (Å²) in [6.45, 7) is 1.59. The van der Waals surface area contributed by atoms with Gasteiger partial charge in [0, 0.05) is 5.56 Å². The zero-order valence-electron chi connectivity index (χ0n) is 6.13. The number of hydrogen-bond donors (Lipinski definition) is 2. The van der Waals surface area contributed by atoms with E-state index in [1.807, 2.05) is 6.92 Å². The van der Waals surface area contributed by atoms with E-state index < -0.39 is 0 Å². The summed E-state index contributed by atoms with van der Waals surface area (Å²) in [4.78, 5) is 0. The summed E-state index contributed by atoms with van der Waals surface area (Å²) < 4.78 is 0. The summed E-state index contributed by atoms with van der Waals surface area (Å²) in [6.07, 6.45) is 0. The molecule has 11 heavy (non-hydrogen) atoms. The predicted octanol–water partition coefficient (Wildman–Crippen LogP) is 1.85. The van der Waals surface area contributed by atoms with E-state index >= 15 is 0 Å². The van der Waals surface area contributed by atoms with Gasteiger partial charge in [-0.3, -0.25) is 0 Å². The standard InChI is InChI=1S/C8H9ClO2/c1-5-2-3-7(11)6(4-10)8(5)9/h2-3,10-11H,4H2,1H3. The van der Waals surface area contributed by atoms with Gasteiger partial charge in [-0.05, 0) is 18.6 Å². The molecule has 3 heteroatoms. The molecule has 0 radical (unpaired) electrons. The second kappa shape index (κ2) is 3.11. The van der Waals surface area contributed by atoms with E-state index in [-0.39, 0.29) is 12.4 Å². The van der Waals surface area contributed by atoms with E-state index in [1.165, 1.54) is 6.07 Å². The Labute approximate surface area is 70.1 Å². The van der Waals surface area contributed by atoms with Gasteiger partial charge >= 0.3 is 0 Å². The molecule has 0 aliphatic rings. The molecule has 2 nitrogen and oxygen atoms in total. The van der Waals surface area contributed by atoms with Crippen molar-refractivity contribution in [3.05, 3.63) is 28.3 Å².